The molecule has 15 heavy (non-hydrogen) atoms. The lowest BCUT2D eigenvalue weighted by Crippen LogP contribution is -2.29. The first kappa shape index (κ1) is 10.9. The van der Waals surface area contributed by atoms with E-state index in [1.54, 1.807) is 0 Å². The number of amides is 1. The minimum atomic E-state index is 0.275. The molecule has 1 amide bonds. The molecule has 0 aliphatic carbocycles. The van der Waals surface area contributed by atoms with Gasteiger partial charge in [0.05, 0.1) is 6.42 Å². The molecule has 0 saturated carbocycles. The molecule has 1 heterocycles. The lowest BCUT2D eigenvalue weighted by molar-refractivity contribution is -0.129. The maximum Gasteiger partial charge on any atom is 0.227 e. The quantitative estimate of drug-likeness (QED) is 0.768. The summed E-state index contributed by atoms with van der Waals surface area (Å²) in [5.41, 5.74) is 1.15. The van der Waals surface area contributed by atoms with Crippen LogP contribution in [0.25, 0.3) is 0 Å². The highest BCUT2D eigenvalue weighted by atomic mass is 127. The Balaban J connectivity index is 2.02. The van der Waals surface area contributed by atoms with Crippen LogP contribution in [0.2, 0.25) is 0 Å². The molecule has 0 bridgehead atoms. The zero-order valence-electron chi connectivity index (χ0n) is 8.58. The van der Waals surface area contributed by atoms with Gasteiger partial charge in [0, 0.05) is 16.7 Å². The van der Waals surface area contributed by atoms with Gasteiger partial charge in [-0.2, -0.15) is 0 Å². The van der Waals surface area contributed by atoms with Gasteiger partial charge < -0.3 is 4.90 Å². The molecular formula is C12H14INO. The number of carbonyl (C=O) groups excluding carboxylic acids is 1. The number of halogens is 1. The second kappa shape index (κ2) is 4.96. The van der Waals surface area contributed by atoms with Gasteiger partial charge in [0.25, 0.3) is 0 Å². The molecule has 80 valence electrons. The van der Waals surface area contributed by atoms with E-state index >= 15 is 0 Å². The summed E-state index contributed by atoms with van der Waals surface area (Å²) in [6.45, 7) is 1.89. The zero-order chi connectivity index (χ0) is 10.7. The van der Waals surface area contributed by atoms with Crippen LogP contribution in [0, 0.1) is 3.57 Å². The van der Waals surface area contributed by atoms with Gasteiger partial charge in [-0.05, 0) is 47.1 Å². The van der Waals surface area contributed by atoms with Crippen molar-refractivity contribution in [2.75, 3.05) is 13.1 Å². The van der Waals surface area contributed by atoms with Crippen molar-refractivity contribution in [3.05, 3.63) is 33.4 Å². The largest absolute Gasteiger partial charge is 0.342 e. The number of likely N-dealkylation sites (tertiary alicyclic amines) is 1. The normalized spacial score (nSPS) is 15.7. The summed E-state index contributed by atoms with van der Waals surface area (Å²) in [6.07, 6.45) is 2.88. The molecule has 2 rings (SSSR count). The fourth-order valence-electron chi connectivity index (χ4n) is 1.88. The third kappa shape index (κ3) is 2.71. The highest BCUT2D eigenvalue weighted by Gasteiger charge is 2.18. The minimum absolute atomic E-state index is 0.275. The summed E-state index contributed by atoms with van der Waals surface area (Å²) in [5, 5.41) is 0. The van der Waals surface area contributed by atoms with Crippen LogP contribution >= 0.6 is 22.6 Å². The number of benzene rings is 1. The SMILES string of the molecule is O=C(Cc1ccccc1I)N1CCCC1. The molecule has 0 aromatic heterocycles. The fourth-order valence-corrected chi connectivity index (χ4v) is 2.46. The number of carbonyl (C=O) groups is 1. The zero-order valence-corrected chi connectivity index (χ0v) is 10.7. The van der Waals surface area contributed by atoms with Crippen molar-refractivity contribution < 1.29 is 4.79 Å². The van der Waals surface area contributed by atoms with Gasteiger partial charge in [-0.3, -0.25) is 4.79 Å². The molecule has 1 aromatic carbocycles. The molecule has 0 spiro atoms. The summed E-state index contributed by atoms with van der Waals surface area (Å²) in [6, 6.07) is 8.09. The lowest BCUT2D eigenvalue weighted by Gasteiger charge is -2.15. The van der Waals surface area contributed by atoms with Crippen LogP contribution in [0.4, 0.5) is 0 Å². The Hall–Kier alpha value is -0.580. The number of nitrogens with zero attached hydrogens (tertiary/aromatic N) is 1. The van der Waals surface area contributed by atoms with Crippen LogP contribution in [0.15, 0.2) is 24.3 Å². The van der Waals surface area contributed by atoms with Crippen molar-refractivity contribution in [2.24, 2.45) is 0 Å². The number of hydrogen-bond donors (Lipinski definition) is 0. The molecule has 0 unspecified atom stereocenters. The van der Waals surface area contributed by atoms with Crippen molar-refractivity contribution in [1.82, 2.24) is 4.90 Å². The van der Waals surface area contributed by atoms with Crippen molar-refractivity contribution in [3.63, 3.8) is 0 Å². The van der Waals surface area contributed by atoms with Gasteiger partial charge in [-0.15, -0.1) is 0 Å². The summed E-state index contributed by atoms with van der Waals surface area (Å²) in [7, 11) is 0. The highest BCUT2D eigenvalue weighted by Crippen LogP contribution is 2.15. The van der Waals surface area contributed by atoms with E-state index in [0.717, 1.165) is 31.5 Å². The van der Waals surface area contributed by atoms with E-state index in [1.165, 1.54) is 3.57 Å². The van der Waals surface area contributed by atoms with Crippen LogP contribution in [0.3, 0.4) is 0 Å². The van der Waals surface area contributed by atoms with Crippen molar-refractivity contribution in [3.8, 4) is 0 Å². The van der Waals surface area contributed by atoms with Gasteiger partial charge in [-0.1, -0.05) is 18.2 Å². The van der Waals surface area contributed by atoms with E-state index in [4.69, 9.17) is 0 Å². The second-order valence-corrected chi connectivity index (χ2v) is 5.02. The van der Waals surface area contributed by atoms with E-state index in [9.17, 15) is 4.79 Å². The molecular weight excluding hydrogens is 301 g/mol. The molecule has 2 nitrogen and oxygen atoms in total. The van der Waals surface area contributed by atoms with Crippen molar-refractivity contribution >= 4 is 28.5 Å². The Morgan fingerprint density at radius 2 is 1.93 bits per heavy atom. The average molecular weight is 315 g/mol. The number of hydrogen-bond acceptors (Lipinski definition) is 1. The first-order valence-electron chi connectivity index (χ1n) is 5.28. The summed E-state index contributed by atoms with van der Waals surface area (Å²) >= 11 is 2.29. The molecule has 1 fully saturated rings. The molecule has 1 aliphatic heterocycles. The maximum absolute atomic E-state index is 11.9. The van der Waals surface area contributed by atoms with E-state index in [0.29, 0.717) is 6.42 Å². The third-order valence-electron chi connectivity index (χ3n) is 2.76. The van der Waals surface area contributed by atoms with Gasteiger partial charge in [0.1, 0.15) is 0 Å². The maximum atomic E-state index is 11.9. The molecule has 0 atom stereocenters. The lowest BCUT2D eigenvalue weighted by atomic mass is 10.1. The van der Waals surface area contributed by atoms with Crippen molar-refractivity contribution in [1.29, 1.82) is 0 Å². The number of rotatable bonds is 2. The standard InChI is InChI=1S/C12H14INO/c13-11-6-2-1-5-10(11)9-12(15)14-7-3-4-8-14/h1-2,5-6H,3-4,7-9H2. The fraction of sp³-hybridized carbons (Fsp3) is 0.417. The Morgan fingerprint density at radius 3 is 2.60 bits per heavy atom. The van der Waals surface area contributed by atoms with Gasteiger partial charge >= 0.3 is 0 Å². The monoisotopic (exact) mass is 315 g/mol. The Morgan fingerprint density at radius 1 is 1.27 bits per heavy atom. The minimum Gasteiger partial charge on any atom is -0.342 e. The second-order valence-electron chi connectivity index (χ2n) is 3.86. The van der Waals surface area contributed by atoms with Crippen molar-refractivity contribution in [2.45, 2.75) is 19.3 Å². The van der Waals surface area contributed by atoms with Gasteiger partial charge in [0.15, 0.2) is 0 Å². The van der Waals surface area contributed by atoms with E-state index in [1.807, 2.05) is 29.2 Å². The Bertz CT molecular complexity index is 358. The summed E-state index contributed by atoms with van der Waals surface area (Å²) < 4.78 is 1.18. The van der Waals surface area contributed by atoms with Crippen LogP contribution < -0.4 is 0 Å². The van der Waals surface area contributed by atoms with Crippen LogP contribution in [-0.2, 0) is 11.2 Å². The predicted octanol–water partition coefficient (Wildman–Crippen LogP) is 2.46. The van der Waals surface area contributed by atoms with Crippen LogP contribution in [0.5, 0.6) is 0 Å². The molecule has 1 aromatic rings. The van der Waals surface area contributed by atoms with E-state index < -0.39 is 0 Å². The predicted molar refractivity (Wildman–Crippen MR) is 68.7 cm³/mol. The van der Waals surface area contributed by atoms with Crippen LogP contribution in [0.1, 0.15) is 18.4 Å². The molecule has 1 aliphatic rings. The highest BCUT2D eigenvalue weighted by molar-refractivity contribution is 14.1. The van der Waals surface area contributed by atoms with Crippen LogP contribution in [-0.4, -0.2) is 23.9 Å². The first-order chi connectivity index (χ1) is 7.27. The Kier molecular flexibility index (Phi) is 3.61. The Labute approximate surface area is 104 Å². The van der Waals surface area contributed by atoms with E-state index in [-0.39, 0.29) is 5.91 Å². The molecule has 3 heteroatoms. The average Bonchev–Trinajstić information content (AvgIpc) is 2.74. The molecule has 0 radical (unpaired) electrons. The van der Waals surface area contributed by atoms with Gasteiger partial charge in [-0.25, -0.2) is 0 Å². The third-order valence-corrected chi connectivity index (χ3v) is 3.81. The first-order valence-corrected chi connectivity index (χ1v) is 6.36. The molecule has 0 N–H and O–H groups in total. The van der Waals surface area contributed by atoms with E-state index in [2.05, 4.69) is 22.6 Å². The van der Waals surface area contributed by atoms with Gasteiger partial charge in [0.2, 0.25) is 5.91 Å². The smallest absolute Gasteiger partial charge is 0.227 e. The molecule has 1 saturated heterocycles. The summed E-state index contributed by atoms with van der Waals surface area (Å²) in [5.74, 6) is 0.275. The topological polar surface area (TPSA) is 20.3 Å². The summed E-state index contributed by atoms with van der Waals surface area (Å²) in [4.78, 5) is 13.9.